The van der Waals surface area contributed by atoms with E-state index in [0.29, 0.717) is 16.7 Å². The maximum atomic E-state index is 13.9. The van der Waals surface area contributed by atoms with E-state index in [1.54, 1.807) is 48.7 Å². The quantitative estimate of drug-likeness (QED) is 0.0946. The van der Waals surface area contributed by atoms with Crippen LogP contribution < -0.4 is 21.7 Å². The molecule has 13 nitrogen and oxygen atoms in total. The minimum Gasteiger partial charge on any atom is -0.508 e. The molecule has 1 heterocycles. The lowest BCUT2D eigenvalue weighted by Gasteiger charge is -2.25. The Labute approximate surface area is 263 Å². The van der Waals surface area contributed by atoms with Crippen LogP contribution in [-0.2, 0) is 43.2 Å². The van der Waals surface area contributed by atoms with Gasteiger partial charge in [-0.15, -0.1) is 0 Å². The molecule has 9 N–H and O–H groups in total. The first-order valence-electron chi connectivity index (χ1n) is 14.5. The highest BCUT2D eigenvalue weighted by molar-refractivity contribution is 5.95. The van der Waals surface area contributed by atoms with Crippen LogP contribution in [0.2, 0.25) is 0 Å². The number of hydrogen-bond donors (Lipinski definition) is 8. The van der Waals surface area contributed by atoms with Gasteiger partial charge in [-0.1, -0.05) is 60.7 Å². The maximum Gasteiger partial charge on any atom is 0.326 e. The van der Waals surface area contributed by atoms with Gasteiger partial charge in [-0.3, -0.25) is 19.2 Å². The SMILES string of the molecule is NC(Cc1ccc(O)cc1)C(=O)NC(Cc1c[nH]c2ccccc12)C(=O)NC(Cc1ccccc1)C(=O)NC(CC(=O)O)C(=O)O. The fraction of sp³-hybridized carbons (Fsp3) is 0.242. The molecular weight excluding hydrogens is 594 g/mol. The van der Waals surface area contributed by atoms with E-state index in [2.05, 4.69) is 20.9 Å². The van der Waals surface area contributed by atoms with E-state index in [0.717, 1.165) is 10.9 Å². The van der Waals surface area contributed by atoms with Crippen LogP contribution in [0.25, 0.3) is 10.9 Å². The Balaban J connectivity index is 1.59. The van der Waals surface area contributed by atoms with Crippen LogP contribution in [0.1, 0.15) is 23.1 Å². The lowest BCUT2D eigenvalue weighted by atomic mass is 10.0. The minimum absolute atomic E-state index is 0.0178. The molecule has 0 aliphatic rings. The minimum atomic E-state index is -1.74. The van der Waals surface area contributed by atoms with Crippen LogP contribution in [0, 0.1) is 0 Å². The summed E-state index contributed by atoms with van der Waals surface area (Å²) in [6.45, 7) is 0. The average Bonchev–Trinajstić information content (AvgIpc) is 3.44. The zero-order valence-electron chi connectivity index (χ0n) is 24.7. The molecule has 0 saturated heterocycles. The van der Waals surface area contributed by atoms with Crippen molar-refractivity contribution in [2.45, 2.75) is 49.9 Å². The number of carbonyl (C=O) groups is 5. The third-order valence-corrected chi connectivity index (χ3v) is 7.37. The van der Waals surface area contributed by atoms with E-state index in [9.17, 15) is 34.2 Å². The van der Waals surface area contributed by atoms with E-state index in [1.807, 2.05) is 24.3 Å². The summed E-state index contributed by atoms with van der Waals surface area (Å²) in [7, 11) is 0. The highest BCUT2D eigenvalue weighted by Gasteiger charge is 2.32. The first kappa shape index (κ1) is 33.2. The smallest absolute Gasteiger partial charge is 0.326 e. The molecule has 0 aliphatic carbocycles. The zero-order valence-corrected chi connectivity index (χ0v) is 24.7. The highest BCUT2D eigenvalue weighted by Crippen LogP contribution is 2.20. The third kappa shape index (κ3) is 9.16. The van der Waals surface area contributed by atoms with Crippen molar-refractivity contribution >= 4 is 40.6 Å². The first-order valence-corrected chi connectivity index (χ1v) is 14.5. The summed E-state index contributed by atoms with van der Waals surface area (Å²) < 4.78 is 0. The predicted octanol–water partition coefficient (Wildman–Crippen LogP) is 1.24. The van der Waals surface area contributed by atoms with Crippen molar-refractivity contribution in [1.82, 2.24) is 20.9 Å². The summed E-state index contributed by atoms with van der Waals surface area (Å²) in [6, 6.07) is 16.9. The number of fused-ring (bicyclic) bond motifs is 1. The van der Waals surface area contributed by atoms with Gasteiger partial charge in [0.1, 0.15) is 23.9 Å². The van der Waals surface area contributed by atoms with Gasteiger partial charge in [0.05, 0.1) is 12.5 Å². The molecule has 4 aromatic rings. The lowest BCUT2D eigenvalue weighted by molar-refractivity contribution is -0.147. The number of phenolic OH excluding ortho intramolecular Hbond substituents is 1. The van der Waals surface area contributed by atoms with Gasteiger partial charge < -0.3 is 42.0 Å². The molecule has 0 radical (unpaired) electrons. The Morgan fingerprint density at radius 1 is 0.674 bits per heavy atom. The van der Waals surface area contributed by atoms with Crippen LogP contribution >= 0.6 is 0 Å². The number of phenols is 1. The summed E-state index contributed by atoms with van der Waals surface area (Å²) in [5.74, 6) is -5.20. The molecule has 13 heteroatoms. The molecule has 3 aromatic carbocycles. The number of carboxylic acids is 2. The molecule has 1 aromatic heterocycles. The Kier molecular flexibility index (Phi) is 11.1. The van der Waals surface area contributed by atoms with Crippen molar-refractivity contribution in [3.8, 4) is 5.75 Å². The lowest BCUT2D eigenvalue weighted by Crippen LogP contribution is -2.58. The number of nitrogens with two attached hydrogens (primary N) is 1. The first-order chi connectivity index (χ1) is 22.0. The monoisotopic (exact) mass is 629 g/mol. The molecular formula is C33H35N5O8. The van der Waals surface area contributed by atoms with Gasteiger partial charge in [-0.05, 0) is 41.3 Å². The number of aromatic nitrogens is 1. The average molecular weight is 630 g/mol. The molecule has 4 unspecified atom stereocenters. The van der Waals surface area contributed by atoms with Gasteiger partial charge in [-0.2, -0.15) is 0 Å². The zero-order chi connectivity index (χ0) is 33.2. The van der Waals surface area contributed by atoms with Gasteiger partial charge in [0.15, 0.2) is 0 Å². The molecule has 3 amide bonds. The Hall–Kier alpha value is -5.69. The molecule has 4 rings (SSSR count). The Morgan fingerprint density at radius 3 is 1.89 bits per heavy atom. The molecule has 0 bridgehead atoms. The van der Waals surface area contributed by atoms with Crippen LogP contribution in [-0.4, -0.2) is 74.1 Å². The Morgan fingerprint density at radius 2 is 1.24 bits per heavy atom. The molecule has 0 fully saturated rings. The van der Waals surface area contributed by atoms with E-state index < -0.39 is 60.2 Å². The molecule has 0 spiro atoms. The molecule has 4 atom stereocenters. The van der Waals surface area contributed by atoms with E-state index in [1.165, 1.54) is 12.1 Å². The molecule has 240 valence electrons. The van der Waals surface area contributed by atoms with Gasteiger partial charge in [-0.25, -0.2) is 4.79 Å². The number of carboxylic acid groups (broad SMARTS) is 2. The van der Waals surface area contributed by atoms with Crippen molar-refractivity contribution in [3.63, 3.8) is 0 Å². The number of H-pyrrole nitrogens is 1. The number of carbonyl (C=O) groups excluding carboxylic acids is 3. The van der Waals surface area contributed by atoms with Gasteiger partial charge in [0.25, 0.3) is 0 Å². The second kappa shape index (κ2) is 15.3. The van der Waals surface area contributed by atoms with Gasteiger partial charge >= 0.3 is 11.9 Å². The summed E-state index contributed by atoms with van der Waals surface area (Å²) >= 11 is 0. The number of aromatic hydroxyl groups is 1. The van der Waals surface area contributed by atoms with E-state index in [4.69, 9.17) is 10.8 Å². The van der Waals surface area contributed by atoms with Crippen molar-refractivity contribution in [3.05, 3.63) is 102 Å². The molecule has 46 heavy (non-hydrogen) atoms. The topological polar surface area (TPSA) is 224 Å². The van der Waals surface area contributed by atoms with Crippen LogP contribution in [0.4, 0.5) is 0 Å². The maximum absolute atomic E-state index is 13.9. The summed E-state index contributed by atoms with van der Waals surface area (Å²) in [4.78, 5) is 66.5. The van der Waals surface area contributed by atoms with Crippen molar-refractivity contribution < 1.29 is 39.3 Å². The normalized spacial score (nSPS) is 13.6. The predicted molar refractivity (Wildman–Crippen MR) is 168 cm³/mol. The fourth-order valence-corrected chi connectivity index (χ4v) is 4.97. The number of benzene rings is 3. The van der Waals surface area contributed by atoms with Crippen LogP contribution in [0.15, 0.2) is 85.1 Å². The summed E-state index contributed by atoms with van der Waals surface area (Å²) in [5.41, 5.74) is 9.04. The largest absolute Gasteiger partial charge is 0.508 e. The number of nitrogens with one attached hydrogen (secondary N) is 4. The molecule has 0 saturated carbocycles. The number of aromatic amines is 1. The number of rotatable bonds is 15. The Bertz CT molecular complexity index is 1690. The van der Waals surface area contributed by atoms with Crippen molar-refractivity contribution in [1.29, 1.82) is 0 Å². The fourth-order valence-electron chi connectivity index (χ4n) is 4.97. The van der Waals surface area contributed by atoms with Crippen molar-refractivity contribution in [2.24, 2.45) is 5.73 Å². The second-order valence-electron chi connectivity index (χ2n) is 10.9. The summed E-state index contributed by atoms with van der Waals surface area (Å²) in [5, 5.41) is 36.5. The van der Waals surface area contributed by atoms with E-state index >= 15 is 0 Å². The van der Waals surface area contributed by atoms with Gasteiger partial charge in [0.2, 0.25) is 17.7 Å². The number of amides is 3. The number of aliphatic carboxylic acids is 2. The van der Waals surface area contributed by atoms with Crippen LogP contribution in [0.3, 0.4) is 0 Å². The standard InChI is InChI=1S/C33H35N5O8/c34-24(14-20-10-12-22(39)13-11-20)30(42)36-27(16-21-18-35-25-9-5-4-8-23(21)25)32(44)37-26(15-19-6-2-1-3-7-19)31(43)38-28(33(45)46)17-29(40)41/h1-13,18,24,26-28,35,39H,14-17,34H2,(H,36,42)(H,37,44)(H,38,43)(H,40,41)(H,45,46). The second-order valence-corrected chi connectivity index (χ2v) is 10.9. The molecule has 0 aliphatic heterocycles. The van der Waals surface area contributed by atoms with Crippen LogP contribution in [0.5, 0.6) is 5.75 Å². The number of para-hydroxylation sites is 1. The van der Waals surface area contributed by atoms with E-state index in [-0.39, 0.29) is 25.0 Å². The van der Waals surface area contributed by atoms with Crippen molar-refractivity contribution in [2.75, 3.05) is 0 Å². The highest BCUT2D eigenvalue weighted by atomic mass is 16.4. The summed E-state index contributed by atoms with van der Waals surface area (Å²) in [6.07, 6.45) is 0.929. The third-order valence-electron chi connectivity index (χ3n) is 7.37. The number of hydrogen-bond acceptors (Lipinski definition) is 7. The van der Waals surface area contributed by atoms with Gasteiger partial charge in [0, 0.05) is 29.9 Å².